The van der Waals surface area contributed by atoms with Crippen LogP contribution in [-0.2, 0) is 17.5 Å². The molecule has 0 aliphatic rings. The van der Waals surface area contributed by atoms with Crippen LogP contribution in [0.3, 0.4) is 0 Å². The van der Waals surface area contributed by atoms with Crippen molar-refractivity contribution < 1.29 is 27.8 Å². The molecule has 5 nitrogen and oxygen atoms in total. The maximum absolute atomic E-state index is 12.3. The van der Waals surface area contributed by atoms with Gasteiger partial charge in [0.15, 0.2) is 11.5 Å². The van der Waals surface area contributed by atoms with E-state index in [1.54, 1.807) is 0 Å². The average Bonchev–Trinajstić information content (AvgIpc) is 2.16. The highest BCUT2D eigenvalue weighted by molar-refractivity contribution is 5.85. The number of carboxylic acids is 1. The van der Waals surface area contributed by atoms with Crippen molar-refractivity contribution in [3.63, 3.8) is 0 Å². The summed E-state index contributed by atoms with van der Waals surface area (Å²) in [7, 11) is 1.24. The minimum atomic E-state index is -4.71. The second kappa shape index (κ2) is 4.44. The van der Waals surface area contributed by atoms with Gasteiger partial charge in [-0.2, -0.15) is 13.2 Å². The van der Waals surface area contributed by atoms with E-state index in [1.807, 2.05) is 0 Å². The molecule has 1 heterocycles. The Balaban J connectivity index is 3.24. The smallest absolute Gasteiger partial charge is 0.433 e. The summed E-state index contributed by atoms with van der Waals surface area (Å²) in [6.45, 7) is -0.288. The van der Waals surface area contributed by atoms with Gasteiger partial charge in [0.25, 0.3) is 0 Å². The van der Waals surface area contributed by atoms with Gasteiger partial charge in [0.2, 0.25) is 0 Å². The number of carboxylic acid groups (broad SMARTS) is 1. The number of rotatable bonds is 3. The molecule has 1 rings (SSSR count). The second-order valence-electron chi connectivity index (χ2n) is 2.79. The van der Waals surface area contributed by atoms with Crippen molar-refractivity contribution in [2.45, 2.75) is 12.8 Å². The standard InChI is InChI=1S/C8H7F3N2O3/c1-16-3-6-12-4(7(14)15)2-5(13-6)8(9,10)11/h2H,3H2,1H3,(H,14,15). The van der Waals surface area contributed by atoms with Gasteiger partial charge < -0.3 is 9.84 Å². The summed E-state index contributed by atoms with van der Waals surface area (Å²) in [6, 6.07) is 0.376. The first-order valence-corrected chi connectivity index (χ1v) is 4.02. The quantitative estimate of drug-likeness (QED) is 0.857. The molecule has 88 valence electrons. The second-order valence-corrected chi connectivity index (χ2v) is 2.79. The predicted octanol–water partition coefficient (Wildman–Crippen LogP) is 1.34. The Morgan fingerprint density at radius 1 is 1.50 bits per heavy atom. The molecule has 0 aliphatic heterocycles. The van der Waals surface area contributed by atoms with Gasteiger partial charge >= 0.3 is 12.1 Å². The molecule has 0 atom stereocenters. The molecule has 0 saturated carbocycles. The van der Waals surface area contributed by atoms with Gasteiger partial charge in [0.1, 0.15) is 12.3 Å². The van der Waals surface area contributed by atoms with Crippen LogP contribution in [0.4, 0.5) is 13.2 Å². The first-order chi connectivity index (χ1) is 7.34. The molecule has 8 heteroatoms. The maximum Gasteiger partial charge on any atom is 0.433 e. The number of carbonyl (C=O) groups is 1. The first kappa shape index (κ1) is 12.4. The molecule has 0 unspecified atom stereocenters. The van der Waals surface area contributed by atoms with Crippen molar-refractivity contribution in [2.24, 2.45) is 0 Å². The fraction of sp³-hybridized carbons (Fsp3) is 0.375. The zero-order valence-corrected chi connectivity index (χ0v) is 8.08. The van der Waals surface area contributed by atoms with Crippen LogP contribution >= 0.6 is 0 Å². The van der Waals surface area contributed by atoms with E-state index in [0.29, 0.717) is 6.07 Å². The van der Waals surface area contributed by atoms with Crippen molar-refractivity contribution >= 4 is 5.97 Å². The minimum Gasteiger partial charge on any atom is -0.477 e. The Kier molecular flexibility index (Phi) is 3.43. The van der Waals surface area contributed by atoms with E-state index in [4.69, 9.17) is 5.11 Å². The highest BCUT2D eigenvalue weighted by atomic mass is 19.4. The van der Waals surface area contributed by atoms with E-state index in [9.17, 15) is 18.0 Å². The van der Waals surface area contributed by atoms with E-state index >= 15 is 0 Å². The van der Waals surface area contributed by atoms with Crippen LogP contribution < -0.4 is 0 Å². The third-order valence-corrected chi connectivity index (χ3v) is 1.56. The van der Waals surface area contributed by atoms with Gasteiger partial charge in [0.05, 0.1) is 0 Å². The van der Waals surface area contributed by atoms with Crippen LogP contribution in [0.15, 0.2) is 6.07 Å². The SMILES string of the molecule is COCc1nc(C(=O)O)cc(C(F)(F)F)n1. The van der Waals surface area contributed by atoms with Crippen molar-refractivity contribution in [3.8, 4) is 0 Å². The number of halogens is 3. The van der Waals surface area contributed by atoms with Gasteiger partial charge in [-0.15, -0.1) is 0 Å². The normalized spacial score (nSPS) is 11.5. The molecule has 1 aromatic heterocycles. The number of alkyl halides is 3. The lowest BCUT2D eigenvalue weighted by molar-refractivity contribution is -0.141. The van der Waals surface area contributed by atoms with Crippen LogP contribution in [0.25, 0.3) is 0 Å². The Hall–Kier alpha value is -1.70. The molecule has 0 amide bonds. The monoisotopic (exact) mass is 236 g/mol. The summed E-state index contributed by atoms with van der Waals surface area (Å²) in [5.74, 6) is -1.88. The molecule has 0 saturated heterocycles. The third-order valence-electron chi connectivity index (χ3n) is 1.56. The summed E-state index contributed by atoms with van der Waals surface area (Å²) in [5.41, 5.74) is -2.01. The lowest BCUT2D eigenvalue weighted by atomic mass is 10.3. The number of nitrogens with zero attached hydrogens (tertiary/aromatic N) is 2. The molecule has 0 bridgehead atoms. The van der Waals surface area contributed by atoms with Gasteiger partial charge in [-0.05, 0) is 0 Å². The number of aromatic carboxylic acids is 1. The molecule has 1 N–H and O–H groups in total. The summed E-state index contributed by atoms with van der Waals surface area (Å²) in [6.07, 6.45) is -4.71. The fourth-order valence-corrected chi connectivity index (χ4v) is 0.946. The number of methoxy groups -OCH3 is 1. The Labute approximate surface area is 87.9 Å². The number of aromatic nitrogens is 2. The Bertz CT molecular complexity index is 406. The average molecular weight is 236 g/mol. The molecular weight excluding hydrogens is 229 g/mol. The van der Waals surface area contributed by atoms with E-state index < -0.39 is 23.5 Å². The third kappa shape index (κ3) is 2.89. The molecular formula is C8H7F3N2O3. The molecule has 0 radical (unpaired) electrons. The predicted molar refractivity (Wildman–Crippen MR) is 44.7 cm³/mol. The Morgan fingerprint density at radius 3 is 2.56 bits per heavy atom. The molecule has 0 spiro atoms. The summed E-state index contributed by atoms with van der Waals surface area (Å²) < 4.78 is 41.5. The first-order valence-electron chi connectivity index (χ1n) is 4.02. The molecule has 0 aromatic carbocycles. The summed E-state index contributed by atoms with van der Waals surface area (Å²) in [4.78, 5) is 17.1. The van der Waals surface area contributed by atoms with Crippen LogP contribution in [0.5, 0.6) is 0 Å². The van der Waals surface area contributed by atoms with Crippen LogP contribution in [-0.4, -0.2) is 28.2 Å². The van der Waals surface area contributed by atoms with Gasteiger partial charge in [-0.3, -0.25) is 0 Å². The molecule has 16 heavy (non-hydrogen) atoms. The van der Waals surface area contributed by atoms with Crippen molar-refractivity contribution in [1.29, 1.82) is 0 Å². The molecule has 0 aliphatic carbocycles. The van der Waals surface area contributed by atoms with E-state index in [1.165, 1.54) is 7.11 Å². The lowest BCUT2D eigenvalue weighted by Gasteiger charge is -2.08. The van der Waals surface area contributed by atoms with Crippen LogP contribution in [0.2, 0.25) is 0 Å². The highest BCUT2D eigenvalue weighted by Gasteiger charge is 2.34. The number of hydrogen-bond donors (Lipinski definition) is 1. The van der Waals surface area contributed by atoms with Crippen LogP contribution in [0.1, 0.15) is 22.0 Å². The van der Waals surface area contributed by atoms with E-state index in [-0.39, 0.29) is 12.4 Å². The number of ether oxygens (including phenoxy) is 1. The number of hydrogen-bond acceptors (Lipinski definition) is 4. The topological polar surface area (TPSA) is 72.3 Å². The zero-order valence-electron chi connectivity index (χ0n) is 8.08. The van der Waals surface area contributed by atoms with Crippen molar-refractivity contribution in [1.82, 2.24) is 9.97 Å². The van der Waals surface area contributed by atoms with E-state index in [2.05, 4.69) is 14.7 Å². The zero-order chi connectivity index (χ0) is 12.3. The fourth-order valence-electron chi connectivity index (χ4n) is 0.946. The summed E-state index contributed by atoms with van der Waals surface area (Å²) >= 11 is 0. The minimum absolute atomic E-state index is 0.288. The van der Waals surface area contributed by atoms with Gasteiger partial charge in [-0.1, -0.05) is 0 Å². The molecule has 0 fully saturated rings. The highest BCUT2D eigenvalue weighted by Crippen LogP contribution is 2.27. The van der Waals surface area contributed by atoms with Crippen molar-refractivity contribution in [2.75, 3.05) is 7.11 Å². The Morgan fingerprint density at radius 2 is 2.12 bits per heavy atom. The maximum atomic E-state index is 12.3. The van der Waals surface area contributed by atoms with Gasteiger partial charge in [-0.25, -0.2) is 14.8 Å². The van der Waals surface area contributed by atoms with Crippen molar-refractivity contribution in [3.05, 3.63) is 23.3 Å². The van der Waals surface area contributed by atoms with E-state index in [0.717, 1.165) is 0 Å². The van der Waals surface area contributed by atoms with Crippen LogP contribution in [0, 0.1) is 0 Å². The molecule has 1 aromatic rings. The lowest BCUT2D eigenvalue weighted by Crippen LogP contribution is -2.15. The summed E-state index contributed by atoms with van der Waals surface area (Å²) in [5, 5.41) is 8.57. The largest absolute Gasteiger partial charge is 0.477 e. The van der Waals surface area contributed by atoms with Gasteiger partial charge in [0, 0.05) is 13.2 Å².